The van der Waals surface area contributed by atoms with Crippen LogP contribution in [-0.4, -0.2) is 37.2 Å². The number of esters is 1. The second-order valence-corrected chi connectivity index (χ2v) is 7.28. The fourth-order valence-corrected chi connectivity index (χ4v) is 2.62. The monoisotopic (exact) mass is 331 g/mol. The van der Waals surface area contributed by atoms with Crippen LogP contribution in [-0.2, 0) is 14.9 Å². The molecule has 1 fully saturated rings. The van der Waals surface area contributed by atoms with E-state index >= 15 is 0 Å². The van der Waals surface area contributed by atoms with Crippen molar-refractivity contribution >= 4 is 11.9 Å². The van der Waals surface area contributed by atoms with Crippen LogP contribution in [0.25, 0.3) is 0 Å². The molecule has 0 saturated heterocycles. The van der Waals surface area contributed by atoms with Gasteiger partial charge in [-0.25, -0.2) is 4.99 Å². The summed E-state index contributed by atoms with van der Waals surface area (Å²) in [6, 6.07) is 10.6. The summed E-state index contributed by atoms with van der Waals surface area (Å²) in [6.07, 6.45) is 2.35. The average molecular weight is 331 g/mol. The Labute approximate surface area is 144 Å². The summed E-state index contributed by atoms with van der Waals surface area (Å²) < 4.78 is 5.29. The minimum absolute atomic E-state index is 0.0188. The fourth-order valence-electron chi connectivity index (χ4n) is 2.62. The number of carbonyl (C=O) groups is 1. The summed E-state index contributed by atoms with van der Waals surface area (Å²) >= 11 is 0. The molecule has 0 unspecified atom stereocenters. The molecule has 1 aromatic rings. The van der Waals surface area contributed by atoms with Crippen molar-refractivity contribution in [3.8, 4) is 0 Å². The fraction of sp³-hybridized carbons (Fsp3) is 0.579. The molecule has 0 aromatic heterocycles. The third-order valence-electron chi connectivity index (χ3n) is 3.96. The highest BCUT2D eigenvalue weighted by Gasteiger charge is 2.44. The van der Waals surface area contributed by atoms with E-state index in [-0.39, 0.29) is 17.9 Å². The summed E-state index contributed by atoms with van der Waals surface area (Å²) in [4.78, 5) is 16.2. The van der Waals surface area contributed by atoms with Crippen LogP contribution >= 0.6 is 0 Å². The number of hydrogen-bond donors (Lipinski definition) is 2. The van der Waals surface area contributed by atoms with E-state index in [1.54, 1.807) is 0 Å². The molecule has 5 nitrogen and oxygen atoms in total. The van der Waals surface area contributed by atoms with Gasteiger partial charge in [-0.05, 0) is 46.1 Å². The van der Waals surface area contributed by atoms with Gasteiger partial charge in [-0.3, -0.25) is 4.79 Å². The number of guanidine groups is 1. The van der Waals surface area contributed by atoms with Crippen LogP contribution in [0.2, 0.25) is 0 Å². The van der Waals surface area contributed by atoms with Gasteiger partial charge >= 0.3 is 5.97 Å². The first kappa shape index (κ1) is 18.3. The average Bonchev–Trinajstić information content (AvgIpc) is 3.30. The van der Waals surface area contributed by atoms with Gasteiger partial charge in [-0.1, -0.05) is 30.3 Å². The lowest BCUT2D eigenvalue weighted by Crippen LogP contribution is -2.41. The van der Waals surface area contributed by atoms with Crippen LogP contribution in [0.15, 0.2) is 35.3 Å². The maximum absolute atomic E-state index is 11.8. The van der Waals surface area contributed by atoms with Gasteiger partial charge in [0.2, 0.25) is 0 Å². The molecule has 1 aliphatic rings. The van der Waals surface area contributed by atoms with Crippen molar-refractivity contribution in [2.75, 3.05) is 19.6 Å². The summed E-state index contributed by atoms with van der Waals surface area (Å²) in [5, 5.41) is 6.55. The Morgan fingerprint density at radius 2 is 1.88 bits per heavy atom. The van der Waals surface area contributed by atoms with Gasteiger partial charge in [0.05, 0.1) is 0 Å². The van der Waals surface area contributed by atoms with Crippen LogP contribution in [0, 0.1) is 0 Å². The number of carbonyl (C=O) groups excluding carboxylic acids is 1. The Morgan fingerprint density at radius 1 is 1.21 bits per heavy atom. The van der Waals surface area contributed by atoms with Crippen LogP contribution in [0.5, 0.6) is 0 Å². The van der Waals surface area contributed by atoms with Crippen molar-refractivity contribution in [1.82, 2.24) is 10.6 Å². The largest absolute Gasteiger partial charge is 0.459 e. The zero-order valence-corrected chi connectivity index (χ0v) is 15.2. The number of aliphatic imine (C=N–C) groups is 1. The molecule has 0 heterocycles. The van der Waals surface area contributed by atoms with Gasteiger partial charge in [0.15, 0.2) is 5.96 Å². The lowest BCUT2D eigenvalue weighted by Gasteiger charge is -2.20. The highest BCUT2D eigenvalue weighted by molar-refractivity contribution is 5.83. The quantitative estimate of drug-likeness (QED) is 0.478. The number of ether oxygens (including phenoxy) is 1. The molecule has 5 heteroatoms. The van der Waals surface area contributed by atoms with E-state index in [0.717, 1.165) is 13.1 Å². The molecule has 0 radical (unpaired) electrons. The van der Waals surface area contributed by atoms with E-state index in [9.17, 15) is 4.79 Å². The molecule has 1 aromatic carbocycles. The lowest BCUT2D eigenvalue weighted by atomic mass is 9.96. The zero-order valence-electron chi connectivity index (χ0n) is 15.2. The van der Waals surface area contributed by atoms with Crippen LogP contribution < -0.4 is 10.6 Å². The molecule has 2 N–H and O–H groups in total. The Hall–Kier alpha value is -2.04. The molecular weight excluding hydrogens is 302 g/mol. The molecular formula is C19H29N3O2. The van der Waals surface area contributed by atoms with Crippen molar-refractivity contribution in [3.05, 3.63) is 35.9 Å². The predicted octanol–water partition coefficient (Wildman–Crippen LogP) is 2.62. The number of nitrogens with zero attached hydrogens (tertiary/aromatic N) is 1. The van der Waals surface area contributed by atoms with Crippen LogP contribution in [0.4, 0.5) is 0 Å². The number of rotatable bonds is 6. The zero-order chi connectivity index (χ0) is 17.6. The van der Waals surface area contributed by atoms with Crippen LogP contribution in [0.1, 0.15) is 46.1 Å². The van der Waals surface area contributed by atoms with Crippen molar-refractivity contribution in [1.29, 1.82) is 0 Å². The third-order valence-corrected chi connectivity index (χ3v) is 3.96. The molecule has 132 valence electrons. The molecule has 0 amide bonds. The highest BCUT2D eigenvalue weighted by Crippen LogP contribution is 2.47. The van der Waals surface area contributed by atoms with Crippen LogP contribution in [0.3, 0.4) is 0 Å². The molecule has 1 saturated carbocycles. The first-order valence-electron chi connectivity index (χ1n) is 8.64. The van der Waals surface area contributed by atoms with Gasteiger partial charge in [-0.2, -0.15) is 0 Å². The SMILES string of the molecule is CCNC(=NCC(=O)OC(C)(C)C)NCC1(c2ccccc2)CC1. The Kier molecular flexibility index (Phi) is 5.86. The summed E-state index contributed by atoms with van der Waals surface area (Å²) in [6.45, 7) is 9.16. The van der Waals surface area contributed by atoms with E-state index < -0.39 is 5.60 Å². The van der Waals surface area contributed by atoms with Gasteiger partial charge in [0.1, 0.15) is 12.1 Å². The van der Waals surface area contributed by atoms with Crippen molar-refractivity contribution in [2.24, 2.45) is 4.99 Å². The minimum atomic E-state index is -0.482. The van der Waals surface area contributed by atoms with E-state index in [1.165, 1.54) is 18.4 Å². The summed E-state index contributed by atoms with van der Waals surface area (Å²) in [7, 11) is 0. The number of nitrogens with one attached hydrogen (secondary N) is 2. The lowest BCUT2D eigenvalue weighted by molar-refractivity contribution is -0.152. The van der Waals surface area contributed by atoms with E-state index in [4.69, 9.17) is 4.74 Å². The standard InChI is InChI=1S/C19H29N3O2/c1-5-20-17(21-13-16(23)24-18(2,3)4)22-14-19(11-12-19)15-9-7-6-8-10-15/h6-10H,5,11-14H2,1-4H3,(H2,20,21,22). The Bertz CT molecular complexity index is 572. The molecule has 1 aliphatic carbocycles. The molecule has 0 aliphatic heterocycles. The topological polar surface area (TPSA) is 62.7 Å². The van der Waals surface area contributed by atoms with Crippen molar-refractivity contribution < 1.29 is 9.53 Å². The summed E-state index contributed by atoms with van der Waals surface area (Å²) in [5.41, 5.74) is 1.08. The van der Waals surface area contributed by atoms with E-state index in [0.29, 0.717) is 5.96 Å². The smallest absolute Gasteiger partial charge is 0.328 e. The Balaban J connectivity index is 1.92. The molecule has 0 atom stereocenters. The van der Waals surface area contributed by atoms with Gasteiger partial charge in [0.25, 0.3) is 0 Å². The van der Waals surface area contributed by atoms with E-state index in [2.05, 4.69) is 39.9 Å². The van der Waals surface area contributed by atoms with Crippen molar-refractivity contribution in [2.45, 2.75) is 51.6 Å². The highest BCUT2D eigenvalue weighted by atomic mass is 16.6. The predicted molar refractivity (Wildman–Crippen MR) is 97.2 cm³/mol. The molecule has 2 rings (SSSR count). The number of benzene rings is 1. The Morgan fingerprint density at radius 3 is 2.42 bits per heavy atom. The molecule has 0 bridgehead atoms. The second kappa shape index (κ2) is 7.69. The van der Waals surface area contributed by atoms with Gasteiger partial charge < -0.3 is 15.4 Å². The van der Waals surface area contributed by atoms with Crippen molar-refractivity contribution in [3.63, 3.8) is 0 Å². The third kappa shape index (κ3) is 5.55. The number of hydrogen-bond acceptors (Lipinski definition) is 3. The second-order valence-electron chi connectivity index (χ2n) is 7.28. The minimum Gasteiger partial charge on any atom is -0.459 e. The normalized spacial score (nSPS) is 16.4. The first-order valence-corrected chi connectivity index (χ1v) is 8.64. The van der Waals surface area contributed by atoms with E-state index in [1.807, 2.05) is 33.8 Å². The molecule has 0 spiro atoms. The van der Waals surface area contributed by atoms with Gasteiger partial charge in [0, 0.05) is 18.5 Å². The van der Waals surface area contributed by atoms with Gasteiger partial charge in [-0.15, -0.1) is 0 Å². The summed E-state index contributed by atoms with van der Waals surface area (Å²) in [5.74, 6) is 0.342. The molecule has 24 heavy (non-hydrogen) atoms. The maximum atomic E-state index is 11.8. The maximum Gasteiger partial charge on any atom is 0.328 e. The first-order chi connectivity index (χ1) is 11.3.